The lowest BCUT2D eigenvalue weighted by Gasteiger charge is -2.35. The molecule has 0 saturated carbocycles. The first-order chi connectivity index (χ1) is 66.3. The number of nitrogens with zero attached hydrogens (tertiary/aromatic N) is 12. The number of unbranched alkanes of at least 4 members (excludes halogenated alkanes) is 1. The van der Waals surface area contributed by atoms with Crippen molar-refractivity contribution in [3.63, 3.8) is 0 Å². The van der Waals surface area contributed by atoms with Crippen LogP contribution in [0.5, 0.6) is 0 Å². The molecule has 4 amide bonds. The van der Waals surface area contributed by atoms with Gasteiger partial charge in [0.05, 0.1) is 22.8 Å². The molecular weight excluding hydrogens is 1720 g/mol. The lowest BCUT2D eigenvalue weighted by molar-refractivity contribution is -0.127. The predicted molar refractivity (Wildman–Crippen MR) is 555 cm³/mol. The molecule has 8 aliphatic heterocycles. The third kappa shape index (κ3) is 31.9. The van der Waals surface area contributed by atoms with Gasteiger partial charge in [-0.3, -0.25) is 38.8 Å². The van der Waals surface area contributed by atoms with Gasteiger partial charge in [-0.2, -0.15) is 0 Å². The van der Waals surface area contributed by atoms with Gasteiger partial charge in [-0.25, -0.2) is 19.9 Å². The normalized spacial score (nSPS) is 22.6. The maximum Gasteiger partial charge on any atom is 0.227 e. The van der Waals surface area contributed by atoms with E-state index in [4.69, 9.17) is 37.6 Å². The zero-order valence-electron chi connectivity index (χ0n) is 87.8. The molecule has 0 aliphatic carbocycles. The van der Waals surface area contributed by atoms with Crippen LogP contribution in [-0.4, -0.2) is 240 Å². The second kappa shape index (κ2) is 52.3. The fourth-order valence-corrected chi connectivity index (χ4v) is 23.2. The zero-order chi connectivity index (χ0) is 98.1. The van der Waals surface area contributed by atoms with E-state index in [0.717, 1.165) is 336 Å². The molecule has 4 aromatic heterocycles. The molecule has 8 aliphatic rings. The molecule has 0 radical (unpaired) electrons. The summed E-state index contributed by atoms with van der Waals surface area (Å²) in [6.07, 6.45) is 17.0. The van der Waals surface area contributed by atoms with Crippen molar-refractivity contribution in [2.75, 3.05) is 157 Å². The van der Waals surface area contributed by atoms with Crippen LogP contribution in [0.3, 0.4) is 0 Å². The fraction of sp³-hybridized carbons (Fsp3) is 0.649. The van der Waals surface area contributed by atoms with Crippen LogP contribution < -0.4 is 21.3 Å². The number of amides is 4. The maximum absolute atomic E-state index is 12.7. The number of likely N-dealkylation sites (tertiary alicyclic amines) is 8. The third-order valence-electron chi connectivity index (χ3n) is 30.7. The molecule has 12 heterocycles. The molecule has 4 N–H and O–H groups in total. The number of nitrogens with one attached hydrogen (secondary N) is 4. The summed E-state index contributed by atoms with van der Waals surface area (Å²) in [5.41, 5.74) is 15.5. The highest BCUT2D eigenvalue weighted by Gasteiger charge is 2.34. The number of piperidine rings is 8. The van der Waals surface area contributed by atoms with Gasteiger partial charge in [-0.05, 0) is 349 Å². The van der Waals surface area contributed by atoms with E-state index in [9.17, 15) is 19.2 Å². The van der Waals surface area contributed by atoms with Gasteiger partial charge in [0.15, 0.2) is 0 Å². The Morgan fingerprint density at radius 2 is 0.572 bits per heavy atom. The molecule has 8 atom stereocenters. The molecule has 16 rings (SSSR count). The topological polar surface area (TPSA) is 246 Å². The van der Waals surface area contributed by atoms with Crippen molar-refractivity contribution in [3.8, 4) is 45.8 Å². The van der Waals surface area contributed by atoms with E-state index < -0.39 is 0 Å². The molecule has 0 bridgehead atoms. The lowest BCUT2D eigenvalue weighted by atomic mass is 9.92. The Morgan fingerprint density at radius 3 is 0.913 bits per heavy atom. The summed E-state index contributed by atoms with van der Waals surface area (Å²) in [5.74, 6) is 14.1. The summed E-state index contributed by atoms with van der Waals surface area (Å²) in [6, 6.07) is 29.0. The third-order valence-corrected chi connectivity index (χ3v) is 30.7. The number of carbonyl (C=O) groups is 4. The number of hydrogen-bond donors (Lipinski definition) is 4. The fourth-order valence-electron chi connectivity index (χ4n) is 23.2. The molecule has 24 heteroatoms. The Balaban J connectivity index is 0.000000155. The van der Waals surface area contributed by atoms with Gasteiger partial charge in [-0.15, -0.1) is 0 Å². The average molecular weight is 1890 g/mol. The number of aromatic nitrogens is 4. The van der Waals surface area contributed by atoms with Gasteiger partial charge in [-0.1, -0.05) is 116 Å². The van der Waals surface area contributed by atoms with Gasteiger partial charge < -0.3 is 58.5 Å². The van der Waals surface area contributed by atoms with Crippen LogP contribution in [0.4, 0.5) is 0 Å². The van der Waals surface area contributed by atoms with E-state index in [1.54, 1.807) is 0 Å². The van der Waals surface area contributed by atoms with Crippen molar-refractivity contribution in [1.82, 2.24) is 80.4 Å². The standard InChI is InChI=1S/3C29H44N4O2.C27H40N4O2/c1-20-15-21(2)18-33(17-20)12-6-11-30-28(34)25-9-13-32(14-10-25)19-27-24(5)35-29(31-27)26-8-7-22(3)23(4)16-26;1-20-16-21(2)18-33(17-20)13-7-12-30-28(34)25-10-14-32(15-11-25)19-26-24(5)35-29(31-26)27-22(3)8-6-9-23(27)4;1-21-17-22(2)19-33(18-21)14-8-7-13-30-28(34)25-11-15-32(16-12-25)20-27-24(4)35-29(31-27)26-10-6-5-9-23(26)3;1-19-15-20(2)17-31(16-19)14-11-28-26(32)23-9-12-30(13-10-23)18-25-22(4)33-27(29-25)24-8-6-5-7-21(24)3/h7-8,16,20-21,25H,6,9-15,17-19H2,1-5H3,(H,30,34);6,8-9,20-21,25H,7,10-19H2,1-5H3,(H,30,34);5-6,9-10,21-22,25H,7-8,11-20H2,1-4H3,(H,30,34);5-8,19-20,23H,9-18H2,1-4H3,(H,28,32)/t2*20-,21+;;19-,20+. The van der Waals surface area contributed by atoms with Gasteiger partial charge in [0.1, 0.15) is 23.0 Å². The number of rotatable bonds is 32. The molecular formula is C114H172N16O8. The van der Waals surface area contributed by atoms with E-state index in [2.05, 4.69) is 218 Å². The van der Waals surface area contributed by atoms with Gasteiger partial charge in [0, 0.05) is 157 Å². The molecule has 756 valence electrons. The number of carbonyl (C=O) groups excluding carboxylic acids is 4. The number of benzene rings is 4. The quantitative estimate of drug-likeness (QED) is 0.0286. The summed E-state index contributed by atoms with van der Waals surface area (Å²) < 4.78 is 24.0. The molecule has 4 aromatic carbocycles. The zero-order valence-corrected chi connectivity index (χ0v) is 87.8. The van der Waals surface area contributed by atoms with Crippen LogP contribution in [-0.2, 0) is 45.4 Å². The molecule has 0 spiro atoms. The maximum atomic E-state index is 12.7. The predicted octanol–water partition coefficient (Wildman–Crippen LogP) is 19.2. The Kier molecular flexibility index (Phi) is 40.4. The highest BCUT2D eigenvalue weighted by molar-refractivity contribution is 5.80. The van der Waals surface area contributed by atoms with E-state index in [1.165, 1.54) is 105 Å². The first-order valence-corrected chi connectivity index (χ1v) is 53.4. The SMILES string of the molecule is Cc1ccc(-c2nc(CN3CCC(C(=O)NCCCN4C[C@H](C)C[C@H](C)C4)CC3)c(C)o2)cc1C.Cc1cccc(C)c1-c1nc(CN2CCC(C(=O)NCCCN3C[C@H](C)C[C@H](C)C3)CC2)c(C)o1.Cc1ccccc1-c1nc(CN2CCC(C(=O)NCCCCN3CC(C)CC(C)C3)CC2)c(C)o1.Cc1ccccc1-c1nc(CN2CCC(C(=O)NCCN3C[C@H](C)C[C@H](C)C3)CC2)c(C)o1. The van der Waals surface area contributed by atoms with E-state index in [1.807, 2.05) is 52.0 Å². The molecule has 138 heavy (non-hydrogen) atoms. The van der Waals surface area contributed by atoms with Crippen LogP contribution in [0.25, 0.3) is 45.8 Å². The minimum Gasteiger partial charge on any atom is -0.441 e. The Labute approximate surface area is 827 Å². The van der Waals surface area contributed by atoms with Gasteiger partial charge in [0.2, 0.25) is 47.2 Å². The second-order valence-electron chi connectivity index (χ2n) is 43.9. The van der Waals surface area contributed by atoms with Gasteiger partial charge >= 0.3 is 0 Å². The molecule has 8 fully saturated rings. The number of aryl methyl sites for hydroxylation is 10. The summed E-state index contributed by atoms with van der Waals surface area (Å²) >= 11 is 0. The van der Waals surface area contributed by atoms with Crippen molar-refractivity contribution >= 4 is 23.6 Å². The number of oxazole rings is 4. The van der Waals surface area contributed by atoms with Crippen molar-refractivity contribution in [2.45, 2.75) is 254 Å². The largest absolute Gasteiger partial charge is 0.441 e. The van der Waals surface area contributed by atoms with E-state index >= 15 is 0 Å². The van der Waals surface area contributed by atoms with E-state index in [0.29, 0.717) is 17.7 Å². The first kappa shape index (κ1) is 107. The summed E-state index contributed by atoms with van der Waals surface area (Å²) in [7, 11) is 0. The summed E-state index contributed by atoms with van der Waals surface area (Å²) in [4.78, 5) is 89.9. The minimum absolute atomic E-state index is 0.126. The Bertz CT molecular complexity index is 5070. The van der Waals surface area contributed by atoms with E-state index in [-0.39, 0.29) is 47.3 Å². The molecule has 8 aromatic rings. The second-order valence-corrected chi connectivity index (χ2v) is 43.9. The Hall–Kier alpha value is -8.72. The van der Waals surface area contributed by atoms with Crippen LogP contribution in [0, 0.1) is 140 Å². The summed E-state index contributed by atoms with van der Waals surface area (Å²) in [6.45, 7) is 67.0. The van der Waals surface area contributed by atoms with Crippen LogP contribution in [0.15, 0.2) is 103 Å². The van der Waals surface area contributed by atoms with Crippen molar-refractivity contribution in [1.29, 1.82) is 0 Å². The first-order valence-electron chi connectivity index (χ1n) is 53.4. The van der Waals surface area contributed by atoms with Crippen LogP contribution >= 0.6 is 0 Å². The van der Waals surface area contributed by atoms with Crippen molar-refractivity contribution in [2.24, 2.45) is 71.0 Å². The van der Waals surface area contributed by atoms with Crippen LogP contribution in [0.2, 0.25) is 0 Å². The average Bonchev–Trinajstić information content (AvgIpc) is 1.67. The monoisotopic (exact) mass is 1890 g/mol. The van der Waals surface area contributed by atoms with Crippen LogP contribution in [0.1, 0.15) is 237 Å². The Morgan fingerprint density at radius 1 is 0.290 bits per heavy atom. The molecule has 8 saturated heterocycles. The van der Waals surface area contributed by atoms with Crippen molar-refractivity contribution < 1.29 is 36.8 Å². The smallest absolute Gasteiger partial charge is 0.227 e. The summed E-state index contributed by atoms with van der Waals surface area (Å²) in [5, 5.41) is 12.8. The lowest BCUT2D eigenvalue weighted by Crippen LogP contribution is -2.45. The van der Waals surface area contributed by atoms with Crippen molar-refractivity contribution in [3.05, 3.63) is 164 Å². The minimum atomic E-state index is 0.126. The number of hydrogen-bond acceptors (Lipinski definition) is 20. The molecule has 2 unspecified atom stereocenters. The highest BCUT2D eigenvalue weighted by Crippen LogP contribution is 2.35. The highest BCUT2D eigenvalue weighted by atomic mass is 16.4. The molecule has 24 nitrogen and oxygen atoms in total. The van der Waals surface area contributed by atoms with Gasteiger partial charge in [0.25, 0.3) is 0 Å².